The van der Waals surface area contributed by atoms with Crippen LogP contribution in [0.1, 0.15) is 40.1 Å². The Kier molecular flexibility index (Phi) is 5.12. The fourth-order valence-corrected chi connectivity index (χ4v) is 2.96. The monoisotopic (exact) mass is 367 g/mol. The lowest BCUT2D eigenvalue weighted by molar-refractivity contribution is 0.0609. The molecule has 1 aliphatic rings. The number of benzene rings is 2. The quantitative estimate of drug-likeness (QED) is 0.708. The average molecular weight is 367 g/mol. The summed E-state index contributed by atoms with van der Waals surface area (Å²) in [7, 11) is 0. The van der Waals surface area contributed by atoms with Gasteiger partial charge in [0.15, 0.2) is 0 Å². The lowest BCUT2D eigenvalue weighted by Gasteiger charge is -2.17. The number of anilines is 1. The van der Waals surface area contributed by atoms with Crippen molar-refractivity contribution in [1.29, 1.82) is 0 Å². The second-order valence-corrected chi connectivity index (χ2v) is 6.63. The first-order valence-corrected chi connectivity index (χ1v) is 8.71. The van der Waals surface area contributed by atoms with Crippen molar-refractivity contribution >= 4 is 23.5 Å². The van der Waals surface area contributed by atoms with Crippen LogP contribution in [0.5, 0.6) is 5.75 Å². The van der Waals surface area contributed by atoms with Crippen LogP contribution in [0.15, 0.2) is 42.5 Å². The van der Waals surface area contributed by atoms with Crippen molar-refractivity contribution in [1.82, 2.24) is 10.2 Å². The van der Waals surface area contributed by atoms with Crippen LogP contribution < -0.4 is 10.6 Å². The average Bonchev–Trinajstić information content (AvgIpc) is 2.87. The maximum atomic E-state index is 12.4. The molecule has 3 N–H and O–H groups in total. The second kappa shape index (κ2) is 7.49. The van der Waals surface area contributed by atoms with Crippen LogP contribution in [0.25, 0.3) is 0 Å². The molecule has 0 radical (unpaired) electrons. The first-order valence-electron chi connectivity index (χ1n) is 8.71. The van der Waals surface area contributed by atoms with Crippen LogP contribution in [-0.4, -0.2) is 40.4 Å². The van der Waals surface area contributed by atoms with Gasteiger partial charge in [0, 0.05) is 18.3 Å². The highest BCUT2D eigenvalue weighted by atomic mass is 16.3. The molecule has 0 aliphatic carbocycles. The Labute approximate surface area is 157 Å². The van der Waals surface area contributed by atoms with Gasteiger partial charge in [-0.15, -0.1) is 0 Å². The zero-order chi connectivity index (χ0) is 19.6. The molecule has 3 rings (SSSR count). The number of amides is 4. The standard InChI is InChI=1S/C20H21N3O4/c1-12(2)23-18(25)16-8-5-14(11-17(16)19(23)26)22-20(27)21-10-9-13-3-6-15(24)7-4-13/h3-8,11-12,24H,9-10H2,1-2H3,(H2,21,22,27). The lowest BCUT2D eigenvalue weighted by atomic mass is 10.1. The Balaban J connectivity index is 1.59. The van der Waals surface area contributed by atoms with Crippen molar-refractivity contribution in [2.45, 2.75) is 26.3 Å². The van der Waals surface area contributed by atoms with E-state index in [-0.39, 0.29) is 23.6 Å². The van der Waals surface area contributed by atoms with Crippen molar-refractivity contribution in [3.05, 3.63) is 59.2 Å². The minimum absolute atomic E-state index is 0.199. The summed E-state index contributed by atoms with van der Waals surface area (Å²) >= 11 is 0. The van der Waals surface area contributed by atoms with Gasteiger partial charge >= 0.3 is 6.03 Å². The molecule has 0 saturated carbocycles. The van der Waals surface area contributed by atoms with Crippen LogP contribution in [0, 0.1) is 0 Å². The Morgan fingerprint density at radius 3 is 2.37 bits per heavy atom. The van der Waals surface area contributed by atoms with Crippen molar-refractivity contribution in [2.24, 2.45) is 0 Å². The number of phenolic OH excluding ortho intramolecular Hbond substituents is 1. The number of imide groups is 1. The Morgan fingerprint density at radius 2 is 1.70 bits per heavy atom. The van der Waals surface area contributed by atoms with Crippen molar-refractivity contribution in [3.8, 4) is 5.75 Å². The van der Waals surface area contributed by atoms with Crippen LogP contribution in [0.3, 0.4) is 0 Å². The highest BCUT2D eigenvalue weighted by Gasteiger charge is 2.37. The molecule has 0 saturated heterocycles. The maximum absolute atomic E-state index is 12.4. The van der Waals surface area contributed by atoms with E-state index in [9.17, 15) is 19.5 Å². The summed E-state index contributed by atoms with van der Waals surface area (Å²) in [6.45, 7) is 3.98. The predicted molar refractivity (Wildman–Crippen MR) is 101 cm³/mol. The number of rotatable bonds is 5. The predicted octanol–water partition coefficient (Wildman–Crippen LogP) is 2.76. The number of carbonyl (C=O) groups is 3. The van der Waals surface area contributed by atoms with E-state index in [0.717, 1.165) is 5.56 Å². The van der Waals surface area contributed by atoms with E-state index in [1.807, 2.05) is 0 Å². The molecule has 27 heavy (non-hydrogen) atoms. The molecule has 140 valence electrons. The summed E-state index contributed by atoms with van der Waals surface area (Å²) in [4.78, 5) is 37.9. The first kappa shape index (κ1) is 18.4. The van der Waals surface area contributed by atoms with Crippen LogP contribution in [0.4, 0.5) is 10.5 Å². The Bertz CT molecular complexity index is 891. The molecule has 0 aromatic heterocycles. The SMILES string of the molecule is CC(C)N1C(=O)c2ccc(NC(=O)NCCc3ccc(O)cc3)cc2C1=O. The molecule has 0 spiro atoms. The number of carbonyl (C=O) groups excluding carboxylic acids is 3. The molecule has 0 bridgehead atoms. The van der Waals surface area contributed by atoms with Crippen molar-refractivity contribution in [3.63, 3.8) is 0 Å². The summed E-state index contributed by atoms with van der Waals surface area (Å²) < 4.78 is 0. The second-order valence-electron chi connectivity index (χ2n) is 6.63. The van der Waals surface area contributed by atoms with Crippen molar-refractivity contribution < 1.29 is 19.5 Å². The zero-order valence-corrected chi connectivity index (χ0v) is 15.2. The maximum Gasteiger partial charge on any atom is 0.319 e. The van der Waals surface area contributed by atoms with E-state index < -0.39 is 6.03 Å². The fraction of sp³-hybridized carbons (Fsp3) is 0.250. The van der Waals surface area contributed by atoms with Crippen molar-refractivity contribution in [2.75, 3.05) is 11.9 Å². The van der Waals surface area contributed by atoms with Gasteiger partial charge in [-0.05, 0) is 56.2 Å². The van der Waals surface area contributed by atoms with E-state index in [2.05, 4.69) is 10.6 Å². The smallest absolute Gasteiger partial charge is 0.319 e. The summed E-state index contributed by atoms with van der Waals surface area (Å²) in [6, 6.07) is 10.8. The van der Waals surface area contributed by atoms with Gasteiger partial charge in [-0.2, -0.15) is 0 Å². The third kappa shape index (κ3) is 3.92. The van der Waals surface area contributed by atoms with Gasteiger partial charge in [-0.1, -0.05) is 12.1 Å². The van der Waals surface area contributed by atoms with E-state index in [1.54, 1.807) is 50.2 Å². The molecule has 7 nitrogen and oxygen atoms in total. The molecule has 0 fully saturated rings. The zero-order valence-electron chi connectivity index (χ0n) is 15.2. The summed E-state index contributed by atoms with van der Waals surface area (Å²) in [5.41, 5.74) is 2.09. The van der Waals surface area contributed by atoms with E-state index in [1.165, 1.54) is 11.0 Å². The number of nitrogens with one attached hydrogen (secondary N) is 2. The number of urea groups is 1. The third-order valence-corrected chi connectivity index (χ3v) is 4.33. The minimum Gasteiger partial charge on any atom is -0.508 e. The van der Waals surface area contributed by atoms with E-state index in [0.29, 0.717) is 29.8 Å². The van der Waals surface area contributed by atoms with Gasteiger partial charge in [-0.25, -0.2) is 4.79 Å². The number of hydrogen-bond donors (Lipinski definition) is 3. The molecule has 2 aromatic carbocycles. The van der Waals surface area contributed by atoms with Crippen LogP contribution in [-0.2, 0) is 6.42 Å². The summed E-state index contributed by atoms with van der Waals surface area (Å²) in [6.07, 6.45) is 0.619. The van der Waals surface area contributed by atoms with Crippen LogP contribution >= 0.6 is 0 Å². The van der Waals surface area contributed by atoms with Gasteiger partial charge in [0.1, 0.15) is 5.75 Å². The number of fused-ring (bicyclic) bond motifs is 1. The first-order chi connectivity index (χ1) is 12.9. The Morgan fingerprint density at radius 1 is 1.04 bits per heavy atom. The topological polar surface area (TPSA) is 98.7 Å². The summed E-state index contributed by atoms with van der Waals surface area (Å²) in [5.74, 6) is -0.457. The van der Waals surface area contributed by atoms with Gasteiger partial charge in [0.25, 0.3) is 11.8 Å². The molecule has 0 unspecified atom stereocenters. The number of phenols is 1. The van der Waals surface area contributed by atoms with Crippen LogP contribution in [0.2, 0.25) is 0 Å². The number of hydrogen-bond acceptors (Lipinski definition) is 4. The molecule has 2 aromatic rings. The van der Waals surface area contributed by atoms with Gasteiger partial charge in [0.2, 0.25) is 0 Å². The molecule has 0 atom stereocenters. The lowest BCUT2D eigenvalue weighted by Crippen LogP contribution is -2.35. The summed E-state index contributed by atoms with van der Waals surface area (Å²) in [5, 5.41) is 14.7. The highest BCUT2D eigenvalue weighted by Crippen LogP contribution is 2.27. The fourth-order valence-electron chi connectivity index (χ4n) is 2.96. The Hall–Kier alpha value is -3.35. The largest absolute Gasteiger partial charge is 0.508 e. The van der Waals surface area contributed by atoms with Gasteiger partial charge in [-0.3, -0.25) is 14.5 Å². The molecular formula is C20H21N3O4. The molecule has 7 heteroatoms. The molecular weight excluding hydrogens is 346 g/mol. The van der Waals surface area contributed by atoms with Gasteiger partial charge in [0.05, 0.1) is 11.1 Å². The highest BCUT2D eigenvalue weighted by molar-refractivity contribution is 6.22. The molecule has 1 heterocycles. The normalized spacial score (nSPS) is 13.1. The van der Waals surface area contributed by atoms with Gasteiger partial charge < -0.3 is 15.7 Å². The minimum atomic E-state index is -0.397. The molecule has 4 amide bonds. The van der Waals surface area contributed by atoms with E-state index in [4.69, 9.17) is 0 Å². The molecule has 1 aliphatic heterocycles. The number of nitrogens with zero attached hydrogens (tertiary/aromatic N) is 1. The van der Waals surface area contributed by atoms with E-state index >= 15 is 0 Å². The number of aromatic hydroxyl groups is 1. The third-order valence-electron chi connectivity index (χ3n) is 4.33.